The zero-order chi connectivity index (χ0) is 54.0. The van der Waals surface area contributed by atoms with Crippen LogP contribution >= 0.6 is 0 Å². The van der Waals surface area contributed by atoms with Gasteiger partial charge in [-0.1, -0.05) is 289 Å². The molecule has 0 aromatic heterocycles. The van der Waals surface area contributed by atoms with Crippen LogP contribution in [0.3, 0.4) is 0 Å². The molecule has 0 saturated carbocycles. The van der Waals surface area contributed by atoms with E-state index in [2.05, 4.69) is 31.3 Å². The number of aliphatic hydroxyl groups is 7. The summed E-state index contributed by atoms with van der Waals surface area (Å²) in [4.78, 5) is 13.2. The molecule has 9 atom stereocenters. The zero-order valence-corrected chi connectivity index (χ0v) is 48.4. The van der Waals surface area contributed by atoms with Crippen LogP contribution in [0.5, 0.6) is 0 Å². The van der Waals surface area contributed by atoms with E-state index in [-0.39, 0.29) is 6.42 Å². The third-order valence-corrected chi connectivity index (χ3v) is 15.8. The average Bonchev–Trinajstić information content (AvgIpc) is 3.40. The molecule has 11 heteroatoms. The van der Waals surface area contributed by atoms with Gasteiger partial charge in [-0.15, -0.1) is 0 Å². The molecule has 1 fully saturated rings. The number of amides is 1. The predicted octanol–water partition coefficient (Wildman–Crippen LogP) is 14.3. The standard InChI is InChI=1S/C63H123NO10/c1-3-5-7-9-11-13-15-17-19-21-23-24-25-26-27-28-29-30-31-32-33-35-36-38-40-42-44-46-48-50-55(66)58(68)54(53-73-63-61(71)60(70)59(69)57(52-65)74-63)64-62(72)56(67)51-49-47-45-43-41-39-37-34-22-20-18-16-14-12-10-8-6-4-2/h22,34,54-61,63,65-71H,3-21,23-33,35-53H2,1-2H3,(H,64,72)/b34-22-. The highest BCUT2D eigenvalue weighted by molar-refractivity contribution is 5.80. The molecule has 0 spiro atoms. The monoisotopic (exact) mass is 1050 g/mol. The summed E-state index contributed by atoms with van der Waals surface area (Å²) in [6.07, 6.45) is 51.4. The van der Waals surface area contributed by atoms with Crippen molar-refractivity contribution in [3.8, 4) is 0 Å². The number of rotatable bonds is 56. The molecule has 1 aliphatic heterocycles. The van der Waals surface area contributed by atoms with Gasteiger partial charge >= 0.3 is 0 Å². The molecule has 1 heterocycles. The minimum atomic E-state index is -1.66. The highest BCUT2D eigenvalue weighted by Crippen LogP contribution is 2.24. The van der Waals surface area contributed by atoms with E-state index in [0.717, 1.165) is 51.4 Å². The summed E-state index contributed by atoms with van der Waals surface area (Å²) in [6, 6.07) is -1.17. The molecule has 1 saturated heterocycles. The first kappa shape index (κ1) is 70.9. The normalized spacial score (nSPS) is 19.8. The fourth-order valence-electron chi connectivity index (χ4n) is 10.6. The average molecular weight is 1050 g/mol. The van der Waals surface area contributed by atoms with Gasteiger partial charge in [0.2, 0.25) is 5.91 Å². The molecule has 0 aromatic carbocycles. The van der Waals surface area contributed by atoms with Crippen LogP contribution in [0.15, 0.2) is 12.2 Å². The summed E-state index contributed by atoms with van der Waals surface area (Å²) < 4.78 is 11.2. The van der Waals surface area contributed by atoms with Crippen molar-refractivity contribution >= 4 is 5.91 Å². The van der Waals surface area contributed by atoms with E-state index < -0.39 is 74.2 Å². The molecule has 8 N–H and O–H groups in total. The van der Waals surface area contributed by atoms with Gasteiger partial charge in [0.1, 0.15) is 36.6 Å². The van der Waals surface area contributed by atoms with E-state index >= 15 is 0 Å². The van der Waals surface area contributed by atoms with Crippen LogP contribution in [0.2, 0.25) is 0 Å². The Morgan fingerprint density at radius 1 is 0.459 bits per heavy atom. The fourth-order valence-corrected chi connectivity index (χ4v) is 10.6. The van der Waals surface area contributed by atoms with Crippen LogP contribution < -0.4 is 5.32 Å². The molecule has 440 valence electrons. The molecule has 9 unspecified atom stereocenters. The number of carbonyl (C=O) groups is 1. The van der Waals surface area contributed by atoms with E-state index in [1.807, 2.05) is 0 Å². The summed E-state index contributed by atoms with van der Waals surface area (Å²) in [5.41, 5.74) is 0. The molecular weight excluding hydrogens is 931 g/mol. The van der Waals surface area contributed by atoms with Crippen molar-refractivity contribution in [2.75, 3.05) is 13.2 Å². The highest BCUT2D eigenvalue weighted by Gasteiger charge is 2.44. The number of carbonyl (C=O) groups excluding carboxylic acids is 1. The number of aliphatic hydroxyl groups excluding tert-OH is 7. The Hall–Kier alpha value is -1.15. The second-order valence-electron chi connectivity index (χ2n) is 22.8. The maximum atomic E-state index is 13.2. The van der Waals surface area contributed by atoms with Gasteiger partial charge in [-0.05, 0) is 38.5 Å². The van der Waals surface area contributed by atoms with Crippen molar-refractivity contribution < 1.29 is 50.0 Å². The Labute approximate surface area is 455 Å². The maximum Gasteiger partial charge on any atom is 0.249 e. The highest BCUT2D eigenvalue weighted by atomic mass is 16.7. The van der Waals surface area contributed by atoms with Crippen LogP contribution in [-0.4, -0.2) is 110 Å². The van der Waals surface area contributed by atoms with Crippen LogP contribution in [0.25, 0.3) is 0 Å². The minimum Gasteiger partial charge on any atom is -0.394 e. The van der Waals surface area contributed by atoms with E-state index in [4.69, 9.17) is 9.47 Å². The molecule has 11 nitrogen and oxygen atoms in total. The van der Waals surface area contributed by atoms with Gasteiger partial charge < -0.3 is 50.5 Å². The van der Waals surface area contributed by atoms with Gasteiger partial charge in [0, 0.05) is 0 Å². The summed E-state index contributed by atoms with van der Waals surface area (Å²) >= 11 is 0. The van der Waals surface area contributed by atoms with Gasteiger partial charge in [-0.3, -0.25) is 4.79 Å². The maximum absolute atomic E-state index is 13.2. The Kier molecular flexibility index (Phi) is 50.3. The van der Waals surface area contributed by atoms with E-state index in [1.165, 1.54) is 225 Å². The second kappa shape index (κ2) is 52.5. The first-order chi connectivity index (χ1) is 36.2. The molecule has 0 aliphatic carbocycles. The lowest BCUT2D eigenvalue weighted by Gasteiger charge is -2.40. The third kappa shape index (κ3) is 40.1. The Bertz CT molecular complexity index is 1210. The van der Waals surface area contributed by atoms with E-state index in [1.54, 1.807) is 0 Å². The largest absolute Gasteiger partial charge is 0.394 e. The van der Waals surface area contributed by atoms with Crippen molar-refractivity contribution in [2.24, 2.45) is 0 Å². The van der Waals surface area contributed by atoms with Crippen LogP contribution in [0.1, 0.15) is 316 Å². The molecule has 1 rings (SSSR count). The van der Waals surface area contributed by atoms with Crippen molar-refractivity contribution in [1.82, 2.24) is 5.32 Å². The Morgan fingerprint density at radius 3 is 1.14 bits per heavy atom. The van der Waals surface area contributed by atoms with Gasteiger partial charge in [-0.2, -0.15) is 0 Å². The van der Waals surface area contributed by atoms with Crippen LogP contribution in [-0.2, 0) is 14.3 Å². The predicted molar refractivity (Wildman–Crippen MR) is 307 cm³/mol. The van der Waals surface area contributed by atoms with Gasteiger partial charge in [0.25, 0.3) is 0 Å². The minimum absolute atomic E-state index is 0.256. The third-order valence-electron chi connectivity index (χ3n) is 15.8. The zero-order valence-electron chi connectivity index (χ0n) is 48.4. The first-order valence-corrected chi connectivity index (χ1v) is 32.1. The topological polar surface area (TPSA) is 189 Å². The summed E-state index contributed by atoms with van der Waals surface area (Å²) in [5, 5.41) is 76.3. The van der Waals surface area contributed by atoms with E-state index in [9.17, 15) is 40.5 Å². The number of hydrogen-bond acceptors (Lipinski definition) is 10. The van der Waals surface area contributed by atoms with E-state index in [0.29, 0.717) is 19.3 Å². The summed E-state index contributed by atoms with van der Waals surface area (Å²) in [7, 11) is 0. The number of nitrogens with one attached hydrogen (secondary N) is 1. The first-order valence-electron chi connectivity index (χ1n) is 32.1. The molecule has 1 aliphatic rings. The molecular formula is C63H123NO10. The molecule has 74 heavy (non-hydrogen) atoms. The number of hydrogen-bond donors (Lipinski definition) is 8. The number of allylic oxidation sites excluding steroid dienone is 2. The number of unbranched alkanes of at least 4 members (excludes halogenated alkanes) is 42. The Balaban J connectivity index is 2.22. The van der Waals surface area contributed by atoms with Gasteiger partial charge in [-0.25, -0.2) is 0 Å². The molecule has 0 bridgehead atoms. The smallest absolute Gasteiger partial charge is 0.249 e. The second-order valence-corrected chi connectivity index (χ2v) is 22.8. The van der Waals surface area contributed by atoms with Crippen molar-refractivity contribution in [3.05, 3.63) is 12.2 Å². The number of ether oxygens (including phenoxy) is 2. The van der Waals surface area contributed by atoms with Crippen molar-refractivity contribution in [1.29, 1.82) is 0 Å². The Morgan fingerprint density at radius 2 is 0.784 bits per heavy atom. The van der Waals surface area contributed by atoms with Crippen molar-refractivity contribution in [3.63, 3.8) is 0 Å². The van der Waals surface area contributed by atoms with Gasteiger partial charge in [0.15, 0.2) is 6.29 Å². The summed E-state index contributed by atoms with van der Waals surface area (Å²) in [6.45, 7) is 3.50. The lowest BCUT2D eigenvalue weighted by atomic mass is 9.98. The fraction of sp³-hybridized carbons (Fsp3) is 0.952. The summed E-state index contributed by atoms with van der Waals surface area (Å²) in [5.74, 6) is -0.696. The molecule has 1 amide bonds. The lowest BCUT2D eigenvalue weighted by molar-refractivity contribution is -0.303. The van der Waals surface area contributed by atoms with Gasteiger partial charge in [0.05, 0.1) is 25.4 Å². The molecule has 0 radical (unpaired) electrons. The SMILES string of the molecule is CCCCCCCCCC/C=C\CCCCCCCCC(O)C(=O)NC(COC1OC(CO)C(O)C(O)C1O)C(O)C(O)CCCCCCCCCCCCCCCCCCCCCCCCCCCCCCC. The van der Waals surface area contributed by atoms with Crippen LogP contribution in [0.4, 0.5) is 0 Å². The van der Waals surface area contributed by atoms with Crippen molar-refractivity contribution in [2.45, 2.75) is 371 Å². The molecule has 0 aromatic rings. The lowest BCUT2D eigenvalue weighted by Crippen LogP contribution is -2.60. The quantitative estimate of drug-likeness (QED) is 0.0215. The van der Waals surface area contributed by atoms with Crippen LogP contribution in [0, 0.1) is 0 Å².